The zero-order chi connectivity index (χ0) is 13.3. The lowest BCUT2D eigenvalue weighted by Crippen LogP contribution is -2.29. The van der Waals surface area contributed by atoms with Crippen molar-refractivity contribution in [2.45, 2.75) is 31.1 Å². The monoisotopic (exact) mass is 272 g/mol. The van der Waals surface area contributed by atoms with Gasteiger partial charge in [-0.15, -0.1) is 0 Å². The molecule has 7 heteroatoms. The molecule has 1 aliphatic carbocycles. The van der Waals surface area contributed by atoms with Crippen LogP contribution in [0.15, 0.2) is 11.1 Å². The average molecular weight is 272 g/mol. The topological polar surface area (TPSA) is 90.0 Å². The van der Waals surface area contributed by atoms with Gasteiger partial charge in [0.1, 0.15) is 4.90 Å². The Labute approximate surface area is 108 Å². The van der Waals surface area contributed by atoms with Gasteiger partial charge in [-0.2, -0.15) is 5.10 Å². The normalized spacial score (nSPS) is 24.6. The summed E-state index contributed by atoms with van der Waals surface area (Å²) in [6.07, 6.45) is 4.79. The maximum absolute atomic E-state index is 12.1. The van der Waals surface area contributed by atoms with Crippen molar-refractivity contribution in [3.8, 4) is 0 Å². The van der Waals surface area contributed by atoms with E-state index in [9.17, 15) is 8.42 Å². The molecule has 18 heavy (non-hydrogen) atoms. The molecule has 0 saturated heterocycles. The molecule has 0 bridgehead atoms. The van der Waals surface area contributed by atoms with Crippen LogP contribution >= 0.6 is 0 Å². The Morgan fingerprint density at radius 3 is 2.78 bits per heavy atom. The number of nitrogens with two attached hydrogens (primary N) is 1. The number of sulfonamides is 1. The molecular formula is C11H20N4O2S. The molecule has 1 aromatic rings. The summed E-state index contributed by atoms with van der Waals surface area (Å²) in [4.78, 5) is 0.0658. The van der Waals surface area contributed by atoms with Crippen LogP contribution in [0.25, 0.3) is 0 Å². The number of nitrogens with one attached hydrogen (secondary N) is 1. The summed E-state index contributed by atoms with van der Waals surface area (Å²) in [5, 5.41) is 3.84. The first-order valence-corrected chi connectivity index (χ1v) is 7.65. The summed E-state index contributed by atoms with van der Waals surface area (Å²) < 4.78 is 28.2. The molecule has 2 unspecified atom stereocenters. The van der Waals surface area contributed by atoms with Gasteiger partial charge >= 0.3 is 0 Å². The summed E-state index contributed by atoms with van der Waals surface area (Å²) in [5.41, 5.74) is 5.58. The van der Waals surface area contributed by atoms with Crippen LogP contribution in [0.3, 0.4) is 0 Å². The Hall–Kier alpha value is -1.08. The summed E-state index contributed by atoms with van der Waals surface area (Å²) in [6.45, 7) is 2.69. The van der Waals surface area contributed by atoms with Gasteiger partial charge in [-0.05, 0) is 24.7 Å². The van der Waals surface area contributed by atoms with Crippen LogP contribution < -0.4 is 10.5 Å². The predicted octanol–water partition coefficient (Wildman–Crippen LogP) is 0.717. The van der Waals surface area contributed by atoms with E-state index in [1.54, 1.807) is 7.05 Å². The highest BCUT2D eigenvalue weighted by molar-refractivity contribution is 7.89. The lowest BCUT2D eigenvalue weighted by Gasteiger charge is -2.10. The lowest BCUT2D eigenvalue weighted by molar-refractivity contribution is 0.498. The molecule has 1 fully saturated rings. The third kappa shape index (κ3) is 2.84. The van der Waals surface area contributed by atoms with Gasteiger partial charge in [-0.1, -0.05) is 13.3 Å². The molecule has 0 radical (unpaired) electrons. The fourth-order valence-electron chi connectivity index (χ4n) is 2.51. The van der Waals surface area contributed by atoms with Gasteiger partial charge in [0.05, 0.1) is 0 Å². The van der Waals surface area contributed by atoms with Crippen LogP contribution in [0, 0.1) is 11.8 Å². The van der Waals surface area contributed by atoms with Crippen molar-refractivity contribution in [3.05, 3.63) is 6.20 Å². The first-order valence-electron chi connectivity index (χ1n) is 6.17. The maximum atomic E-state index is 12.1. The Balaban J connectivity index is 2.02. The van der Waals surface area contributed by atoms with Crippen molar-refractivity contribution >= 4 is 15.8 Å². The molecule has 0 amide bonds. The molecule has 2 atom stereocenters. The molecule has 6 nitrogen and oxygen atoms in total. The van der Waals surface area contributed by atoms with E-state index in [0.717, 1.165) is 12.8 Å². The number of nitrogen functional groups attached to an aromatic ring is 1. The molecule has 1 saturated carbocycles. The third-order valence-electron chi connectivity index (χ3n) is 3.48. The van der Waals surface area contributed by atoms with Crippen molar-refractivity contribution in [3.63, 3.8) is 0 Å². The van der Waals surface area contributed by atoms with E-state index < -0.39 is 10.0 Å². The van der Waals surface area contributed by atoms with Crippen LogP contribution in [-0.2, 0) is 17.1 Å². The smallest absolute Gasteiger partial charge is 0.245 e. The molecule has 0 aromatic carbocycles. The molecule has 102 valence electrons. The van der Waals surface area contributed by atoms with Crippen molar-refractivity contribution < 1.29 is 8.42 Å². The van der Waals surface area contributed by atoms with E-state index in [1.165, 1.54) is 17.3 Å². The van der Waals surface area contributed by atoms with Crippen LogP contribution in [0.1, 0.15) is 26.2 Å². The van der Waals surface area contributed by atoms with Gasteiger partial charge in [0.25, 0.3) is 0 Å². The number of nitrogens with zero attached hydrogens (tertiary/aromatic N) is 2. The van der Waals surface area contributed by atoms with E-state index in [4.69, 9.17) is 5.73 Å². The van der Waals surface area contributed by atoms with Crippen LogP contribution in [0.2, 0.25) is 0 Å². The van der Waals surface area contributed by atoms with E-state index in [1.807, 2.05) is 0 Å². The number of rotatable bonds is 4. The zero-order valence-electron chi connectivity index (χ0n) is 10.8. The van der Waals surface area contributed by atoms with Crippen LogP contribution in [0.5, 0.6) is 0 Å². The van der Waals surface area contributed by atoms with Crippen molar-refractivity contribution in [1.82, 2.24) is 14.5 Å². The van der Waals surface area contributed by atoms with E-state index in [-0.39, 0.29) is 10.7 Å². The summed E-state index contributed by atoms with van der Waals surface area (Å²) in [6, 6.07) is 0. The molecule has 0 spiro atoms. The van der Waals surface area contributed by atoms with Gasteiger partial charge in [-0.25, -0.2) is 13.1 Å². The fourth-order valence-corrected chi connectivity index (χ4v) is 3.72. The van der Waals surface area contributed by atoms with E-state index >= 15 is 0 Å². The van der Waals surface area contributed by atoms with Gasteiger partial charge in [0.2, 0.25) is 10.0 Å². The molecule has 0 aliphatic heterocycles. The van der Waals surface area contributed by atoms with E-state index in [0.29, 0.717) is 18.4 Å². The average Bonchev–Trinajstić information content (AvgIpc) is 2.82. The van der Waals surface area contributed by atoms with Crippen molar-refractivity contribution in [2.75, 3.05) is 12.3 Å². The number of aryl methyl sites for hydroxylation is 1. The standard InChI is InChI=1S/C11H20N4O2S/c1-8-3-4-9(5-8)6-13-18(16,17)10-7-15(2)14-11(10)12/h7-9,13H,3-6H2,1-2H3,(H2,12,14). The summed E-state index contributed by atoms with van der Waals surface area (Å²) in [5.74, 6) is 1.18. The van der Waals surface area contributed by atoms with Crippen molar-refractivity contribution in [2.24, 2.45) is 18.9 Å². The SMILES string of the molecule is CC1CCC(CNS(=O)(=O)c2cn(C)nc2N)C1. The molecule has 1 heterocycles. The van der Waals surface area contributed by atoms with Crippen LogP contribution in [0.4, 0.5) is 5.82 Å². The largest absolute Gasteiger partial charge is 0.381 e. The van der Waals surface area contributed by atoms with Crippen molar-refractivity contribution in [1.29, 1.82) is 0 Å². The van der Waals surface area contributed by atoms with Gasteiger partial charge in [0, 0.05) is 19.8 Å². The lowest BCUT2D eigenvalue weighted by atomic mass is 10.1. The Kier molecular flexibility index (Phi) is 3.63. The minimum absolute atomic E-state index is 0.0461. The molecule has 1 aromatic heterocycles. The highest BCUT2D eigenvalue weighted by Crippen LogP contribution is 2.30. The van der Waals surface area contributed by atoms with Gasteiger partial charge in [-0.3, -0.25) is 4.68 Å². The second kappa shape index (κ2) is 4.89. The number of aromatic nitrogens is 2. The number of anilines is 1. The predicted molar refractivity (Wildman–Crippen MR) is 69.3 cm³/mol. The van der Waals surface area contributed by atoms with E-state index in [2.05, 4.69) is 16.7 Å². The summed E-state index contributed by atoms with van der Waals surface area (Å²) in [7, 11) is -1.89. The minimum atomic E-state index is -3.53. The quantitative estimate of drug-likeness (QED) is 0.845. The van der Waals surface area contributed by atoms with Crippen LogP contribution in [-0.4, -0.2) is 24.7 Å². The molecule has 1 aliphatic rings. The van der Waals surface area contributed by atoms with Gasteiger partial charge in [0.15, 0.2) is 5.82 Å². The summed E-state index contributed by atoms with van der Waals surface area (Å²) >= 11 is 0. The third-order valence-corrected chi connectivity index (χ3v) is 4.92. The maximum Gasteiger partial charge on any atom is 0.245 e. The first-order chi connectivity index (χ1) is 8.38. The highest BCUT2D eigenvalue weighted by Gasteiger charge is 2.25. The zero-order valence-corrected chi connectivity index (χ0v) is 11.6. The Morgan fingerprint density at radius 1 is 1.56 bits per heavy atom. The second-order valence-corrected chi connectivity index (χ2v) is 6.92. The first kappa shape index (κ1) is 13.4. The fraction of sp³-hybridized carbons (Fsp3) is 0.727. The molecule has 2 rings (SSSR count). The highest BCUT2D eigenvalue weighted by atomic mass is 32.2. The number of hydrogen-bond acceptors (Lipinski definition) is 4. The molecular weight excluding hydrogens is 252 g/mol. The number of hydrogen-bond donors (Lipinski definition) is 2. The Bertz CT molecular complexity index is 523. The van der Waals surface area contributed by atoms with Gasteiger partial charge < -0.3 is 5.73 Å². The minimum Gasteiger partial charge on any atom is -0.381 e. The second-order valence-electron chi connectivity index (χ2n) is 5.19. The Morgan fingerprint density at radius 2 is 2.28 bits per heavy atom. The molecule has 3 N–H and O–H groups in total.